The van der Waals surface area contributed by atoms with Gasteiger partial charge in [0.05, 0.1) is 16.8 Å². The van der Waals surface area contributed by atoms with Gasteiger partial charge in [-0.1, -0.05) is 35.9 Å². The molecule has 0 bridgehead atoms. The molecule has 184 valence electrons. The molecule has 36 heavy (non-hydrogen) atoms. The van der Waals surface area contributed by atoms with Crippen molar-refractivity contribution in [3.05, 3.63) is 107 Å². The second-order valence-corrected chi connectivity index (χ2v) is 10.2. The maximum atomic E-state index is 12.8. The highest BCUT2D eigenvalue weighted by atomic mass is 79.9. The van der Waals surface area contributed by atoms with Crippen LogP contribution in [0.3, 0.4) is 0 Å². The van der Waals surface area contributed by atoms with E-state index in [0.29, 0.717) is 22.4 Å². The van der Waals surface area contributed by atoms with Gasteiger partial charge in [-0.2, -0.15) is 8.42 Å². The molecule has 0 aromatic heterocycles. The van der Waals surface area contributed by atoms with Gasteiger partial charge < -0.3 is 13.7 Å². The molecule has 0 saturated carbocycles. The maximum Gasteiger partial charge on any atom is 0.339 e. The number of hydrogen-bond acceptors (Lipinski definition) is 6. The van der Waals surface area contributed by atoms with E-state index in [1.165, 1.54) is 12.1 Å². The second-order valence-electron chi connectivity index (χ2n) is 7.78. The molecular weight excluding hydrogens is 542 g/mol. The number of para-hydroxylation sites is 1. The third-order valence-corrected chi connectivity index (χ3v) is 6.84. The summed E-state index contributed by atoms with van der Waals surface area (Å²) >= 11 is 3.42. The van der Waals surface area contributed by atoms with E-state index in [4.69, 9.17) is 13.7 Å². The first-order chi connectivity index (χ1) is 17.3. The van der Waals surface area contributed by atoms with Crippen LogP contribution in [-0.4, -0.2) is 21.2 Å². The summed E-state index contributed by atoms with van der Waals surface area (Å²) in [4.78, 5) is 4.57. The van der Waals surface area contributed by atoms with Crippen molar-refractivity contribution >= 4 is 38.0 Å². The highest BCUT2D eigenvalue weighted by Crippen LogP contribution is 2.38. The standard InChI is InChI=1S/C28H24BrNO5S/c1-3-33-27-18-21(17-26(29)28(27)35-36(31,32)25-15-9-20(2)10-16-25)19-30-22-11-13-24(14-12-22)34-23-7-5-4-6-8-23/h4-19H,3H2,1-2H3. The van der Waals surface area contributed by atoms with Gasteiger partial charge in [-0.15, -0.1) is 0 Å². The summed E-state index contributed by atoms with van der Waals surface area (Å²) in [6.07, 6.45) is 1.67. The minimum atomic E-state index is -4.04. The lowest BCUT2D eigenvalue weighted by Gasteiger charge is -2.14. The molecule has 0 unspecified atom stereocenters. The fourth-order valence-electron chi connectivity index (χ4n) is 3.24. The Morgan fingerprint density at radius 2 is 1.56 bits per heavy atom. The largest absolute Gasteiger partial charge is 0.490 e. The van der Waals surface area contributed by atoms with Gasteiger partial charge >= 0.3 is 10.1 Å². The molecule has 0 aliphatic rings. The third-order valence-electron chi connectivity index (χ3n) is 5.01. The molecular formula is C28H24BrNO5S. The van der Waals surface area contributed by atoms with Gasteiger partial charge in [-0.25, -0.2) is 0 Å². The Bertz CT molecular complexity index is 1450. The Morgan fingerprint density at radius 3 is 2.22 bits per heavy atom. The average molecular weight is 566 g/mol. The number of halogens is 1. The summed E-state index contributed by atoms with van der Waals surface area (Å²) < 4.78 is 43.0. The van der Waals surface area contributed by atoms with Gasteiger partial charge in [0, 0.05) is 6.21 Å². The molecule has 0 atom stereocenters. The van der Waals surface area contributed by atoms with E-state index in [-0.39, 0.29) is 16.4 Å². The summed E-state index contributed by atoms with van der Waals surface area (Å²) in [5.41, 5.74) is 2.38. The zero-order valence-electron chi connectivity index (χ0n) is 19.7. The van der Waals surface area contributed by atoms with Crippen LogP contribution < -0.4 is 13.7 Å². The van der Waals surface area contributed by atoms with E-state index in [1.54, 1.807) is 30.5 Å². The van der Waals surface area contributed by atoms with Crippen molar-refractivity contribution in [3.63, 3.8) is 0 Å². The smallest absolute Gasteiger partial charge is 0.339 e. The van der Waals surface area contributed by atoms with Crippen molar-refractivity contribution in [2.45, 2.75) is 18.7 Å². The van der Waals surface area contributed by atoms with Crippen LogP contribution in [-0.2, 0) is 10.1 Å². The summed E-state index contributed by atoms with van der Waals surface area (Å²) in [6.45, 7) is 4.02. The number of rotatable bonds is 9. The van der Waals surface area contributed by atoms with E-state index in [2.05, 4.69) is 20.9 Å². The van der Waals surface area contributed by atoms with Crippen LogP contribution in [0, 0.1) is 6.92 Å². The molecule has 0 aliphatic carbocycles. The lowest BCUT2D eigenvalue weighted by molar-refractivity contribution is 0.327. The molecule has 0 N–H and O–H groups in total. The molecule has 4 aromatic rings. The predicted molar refractivity (Wildman–Crippen MR) is 145 cm³/mol. The summed E-state index contributed by atoms with van der Waals surface area (Å²) in [5.74, 6) is 1.83. The molecule has 0 amide bonds. The van der Waals surface area contributed by atoms with Gasteiger partial charge in [-0.3, -0.25) is 4.99 Å². The molecule has 0 saturated heterocycles. The second kappa shape index (κ2) is 11.4. The SMILES string of the molecule is CCOc1cc(C=Nc2ccc(Oc3ccccc3)cc2)cc(Br)c1OS(=O)(=O)c1ccc(C)cc1. The van der Waals surface area contributed by atoms with Crippen LogP contribution in [0.2, 0.25) is 0 Å². The minimum absolute atomic E-state index is 0.0628. The van der Waals surface area contributed by atoms with Crippen molar-refractivity contribution in [2.24, 2.45) is 4.99 Å². The lowest BCUT2D eigenvalue weighted by atomic mass is 10.2. The molecule has 0 aliphatic heterocycles. The molecule has 0 fully saturated rings. The van der Waals surface area contributed by atoms with Crippen molar-refractivity contribution in [2.75, 3.05) is 6.61 Å². The Hall–Kier alpha value is -3.62. The van der Waals surface area contributed by atoms with E-state index in [1.807, 2.05) is 68.4 Å². The first kappa shape index (κ1) is 25.5. The number of hydrogen-bond donors (Lipinski definition) is 0. The number of nitrogens with zero attached hydrogens (tertiary/aromatic N) is 1. The minimum Gasteiger partial charge on any atom is -0.490 e. The lowest BCUT2D eigenvalue weighted by Crippen LogP contribution is -2.11. The highest BCUT2D eigenvalue weighted by Gasteiger charge is 2.22. The Labute approximate surface area is 219 Å². The first-order valence-electron chi connectivity index (χ1n) is 11.2. The number of aliphatic imine (C=N–C) groups is 1. The number of aryl methyl sites for hydroxylation is 1. The number of benzene rings is 4. The van der Waals surface area contributed by atoms with Gasteiger partial charge in [0.2, 0.25) is 0 Å². The fraction of sp³-hybridized carbons (Fsp3) is 0.107. The van der Waals surface area contributed by atoms with E-state index in [0.717, 1.165) is 17.0 Å². The zero-order valence-corrected chi connectivity index (χ0v) is 22.1. The highest BCUT2D eigenvalue weighted by molar-refractivity contribution is 9.10. The quantitative estimate of drug-likeness (QED) is 0.155. The normalized spacial score (nSPS) is 11.4. The Morgan fingerprint density at radius 1 is 0.889 bits per heavy atom. The molecule has 8 heteroatoms. The first-order valence-corrected chi connectivity index (χ1v) is 13.4. The fourth-order valence-corrected chi connectivity index (χ4v) is 4.85. The van der Waals surface area contributed by atoms with Crippen molar-refractivity contribution < 1.29 is 22.1 Å². The van der Waals surface area contributed by atoms with Gasteiger partial charge in [0.25, 0.3) is 0 Å². The van der Waals surface area contributed by atoms with E-state index >= 15 is 0 Å². The van der Waals surface area contributed by atoms with Crippen molar-refractivity contribution in [1.29, 1.82) is 0 Å². The van der Waals surface area contributed by atoms with Crippen molar-refractivity contribution in [3.8, 4) is 23.0 Å². The number of ether oxygens (including phenoxy) is 2. The van der Waals surface area contributed by atoms with Gasteiger partial charge in [0.15, 0.2) is 11.5 Å². The molecule has 4 rings (SSSR count). The maximum absolute atomic E-state index is 12.8. The molecule has 0 radical (unpaired) electrons. The summed E-state index contributed by atoms with van der Waals surface area (Å²) in [7, 11) is -4.04. The van der Waals surface area contributed by atoms with Crippen LogP contribution >= 0.6 is 15.9 Å². The summed E-state index contributed by atoms with van der Waals surface area (Å²) in [5, 5.41) is 0. The van der Waals surface area contributed by atoms with Crippen LogP contribution in [0.15, 0.2) is 105 Å². The topological polar surface area (TPSA) is 74.2 Å². The molecule has 4 aromatic carbocycles. The van der Waals surface area contributed by atoms with Gasteiger partial charge in [0.1, 0.15) is 16.4 Å². The predicted octanol–water partition coefficient (Wildman–Crippen LogP) is 7.47. The van der Waals surface area contributed by atoms with Crippen molar-refractivity contribution in [1.82, 2.24) is 0 Å². The molecule has 6 nitrogen and oxygen atoms in total. The van der Waals surface area contributed by atoms with E-state index < -0.39 is 10.1 Å². The van der Waals surface area contributed by atoms with E-state index in [9.17, 15) is 8.42 Å². The van der Waals surface area contributed by atoms with Crippen LogP contribution in [0.4, 0.5) is 5.69 Å². The molecule has 0 heterocycles. The summed E-state index contributed by atoms with van der Waals surface area (Å²) in [6, 6.07) is 26.8. The zero-order chi connectivity index (χ0) is 25.5. The van der Waals surface area contributed by atoms with Gasteiger partial charge in [-0.05, 0) is 96.0 Å². The Balaban J connectivity index is 1.53. The average Bonchev–Trinajstić information content (AvgIpc) is 2.87. The monoisotopic (exact) mass is 565 g/mol. The Kier molecular flexibility index (Phi) is 8.07. The molecule has 0 spiro atoms. The third kappa shape index (κ3) is 6.53. The van der Waals surface area contributed by atoms with Crippen LogP contribution in [0.1, 0.15) is 18.1 Å². The van der Waals surface area contributed by atoms with Crippen LogP contribution in [0.25, 0.3) is 0 Å². The van der Waals surface area contributed by atoms with Crippen LogP contribution in [0.5, 0.6) is 23.0 Å².